The highest BCUT2D eigenvalue weighted by atomic mass is 79.9. The lowest BCUT2D eigenvalue weighted by molar-refractivity contribution is -0.00703. The third-order valence-corrected chi connectivity index (χ3v) is 3.22. The van der Waals surface area contributed by atoms with E-state index in [1.807, 2.05) is 45.0 Å². The molecule has 0 atom stereocenters. The normalized spacial score (nSPS) is 17.9. The maximum Gasteiger partial charge on any atom is 0.144 e. The minimum Gasteiger partial charge on any atom is -0.506 e. The molecule has 0 aromatic heterocycles. The zero-order chi connectivity index (χ0) is 16.3. The van der Waals surface area contributed by atoms with Crippen molar-refractivity contribution in [1.29, 1.82) is 0 Å². The molecule has 1 heterocycles. The van der Waals surface area contributed by atoms with E-state index in [0.29, 0.717) is 5.70 Å². The summed E-state index contributed by atoms with van der Waals surface area (Å²) in [5.41, 5.74) is 0.930. The lowest BCUT2D eigenvalue weighted by atomic mass is 10.1. The van der Waals surface area contributed by atoms with Gasteiger partial charge in [-0.25, -0.2) is 5.06 Å². The van der Waals surface area contributed by atoms with Crippen molar-refractivity contribution in [1.82, 2.24) is 5.06 Å². The van der Waals surface area contributed by atoms with Crippen LogP contribution in [-0.2, 0) is 0 Å². The lowest BCUT2D eigenvalue weighted by Crippen LogP contribution is -2.17. The molecule has 1 aromatic carbocycles. The Morgan fingerprint density at radius 3 is 2.59 bits per heavy atom. The lowest BCUT2D eigenvalue weighted by Gasteiger charge is -2.21. The Balaban J connectivity index is 2.63. The Kier molecular flexibility index (Phi) is 4.83. The van der Waals surface area contributed by atoms with Gasteiger partial charge >= 0.3 is 0 Å². The minimum atomic E-state index is -0.373. The minimum absolute atomic E-state index is 0.0761. The number of halogens is 1. The first-order chi connectivity index (χ1) is 10.3. The zero-order valence-corrected chi connectivity index (χ0v) is 14.2. The molecule has 5 nitrogen and oxygen atoms in total. The first kappa shape index (κ1) is 16.5. The largest absolute Gasteiger partial charge is 0.506 e. The highest BCUT2D eigenvalue weighted by Gasteiger charge is 2.21. The molecule has 1 aliphatic heterocycles. The standard InChI is InChI=1S/C16H18BrN3O2/c1-16(2,3)19-18-14(11-6-4-7-12(17)10-11)15-13(21)8-5-9-20(15)22/h4-10,21-22H,1-3H3. The van der Waals surface area contributed by atoms with E-state index in [9.17, 15) is 10.3 Å². The molecule has 0 aliphatic carbocycles. The number of hydroxylamine groups is 2. The number of hydrogen-bond acceptors (Lipinski definition) is 5. The van der Waals surface area contributed by atoms with Crippen LogP contribution in [0.3, 0.4) is 0 Å². The number of hydrogen-bond donors (Lipinski definition) is 2. The molecule has 116 valence electrons. The second-order valence-electron chi connectivity index (χ2n) is 5.82. The Hall–Kier alpha value is -1.92. The van der Waals surface area contributed by atoms with Crippen LogP contribution in [-0.4, -0.2) is 20.9 Å². The molecule has 0 unspecified atom stereocenters. The van der Waals surface area contributed by atoms with Gasteiger partial charge in [-0.15, -0.1) is 0 Å². The highest BCUT2D eigenvalue weighted by Crippen LogP contribution is 2.30. The van der Waals surface area contributed by atoms with Crippen molar-refractivity contribution in [3.63, 3.8) is 0 Å². The van der Waals surface area contributed by atoms with Gasteiger partial charge in [-0.2, -0.15) is 10.2 Å². The van der Waals surface area contributed by atoms with Crippen molar-refractivity contribution >= 4 is 21.6 Å². The summed E-state index contributed by atoms with van der Waals surface area (Å²) in [4.78, 5) is 0. The molecule has 0 bridgehead atoms. The van der Waals surface area contributed by atoms with Crippen molar-refractivity contribution in [2.45, 2.75) is 26.3 Å². The van der Waals surface area contributed by atoms with Gasteiger partial charge < -0.3 is 5.11 Å². The van der Waals surface area contributed by atoms with Crippen molar-refractivity contribution in [3.05, 3.63) is 64.1 Å². The van der Waals surface area contributed by atoms with E-state index in [-0.39, 0.29) is 17.0 Å². The average molecular weight is 364 g/mol. The van der Waals surface area contributed by atoms with Crippen LogP contribution in [0.2, 0.25) is 0 Å². The molecule has 6 heteroatoms. The van der Waals surface area contributed by atoms with E-state index in [2.05, 4.69) is 26.2 Å². The number of rotatable bonds is 2. The topological polar surface area (TPSA) is 68.4 Å². The second-order valence-corrected chi connectivity index (χ2v) is 6.73. The Morgan fingerprint density at radius 1 is 1.27 bits per heavy atom. The van der Waals surface area contributed by atoms with Gasteiger partial charge in [0.25, 0.3) is 0 Å². The summed E-state index contributed by atoms with van der Waals surface area (Å²) in [6.45, 7) is 5.77. The molecule has 0 saturated heterocycles. The SMILES string of the molecule is CC(C)(C)N=NC(=C1C(O)=CC=CN1O)c1cccc(Br)c1. The van der Waals surface area contributed by atoms with E-state index >= 15 is 0 Å². The molecular formula is C16H18BrN3O2. The summed E-state index contributed by atoms with van der Waals surface area (Å²) < 4.78 is 0.869. The summed E-state index contributed by atoms with van der Waals surface area (Å²) in [5, 5.41) is 29.5. The first-order valence-electron chi connectivity index (χ1n) is 6.77. The fourth-order valence-electron chi connectivity index (χ4n) is 1.79. The fourth-order valence-corrected chi connectivity index (χ4v) is 2.19. The van der Waals surface area contributed by atoms with Gasteiger partial charge in [0.2, 0.25) is 0 Å². The molecule has 0 saturated carbocycles. The van der Waals surface area contributed by atoms with Crippen molar-refractivity contribution < 1.29 is 10.3 Å². The van der Waals surface area contributed by atoms with Crippen LogP contribution in [0, 0.1) is 0 Å². The van der Waals surface area contributed by atoms with Crippen molar-refractivity contribution in [3.8, 4) is 0 Å². The molecule has 0 fully saturated rings. The van der Waals surface area contributed by atoms with Crippen LogP contribution in [0.25, 0.3) is 5.70 Å². The number of allylic oxidation sites excluding steroid dienone is 2. The van der Waals surface area contributed by atoms with Gasteiger partial charge in [-0.3, -0.25) is 5.21 Å². The highest BCUT2D eigenvalue weighted by molar-refractivity contribution is 9.10. The third-order valence-electron chi connectivity index (χ3n) is 2.73. The van der Waals surface area contributed by atoms with E-state index in [0.717, 1.165) is 15.1 Å². The predicted molar refractivity (Wildman–Crippen MR) is 89.1 cm³/mol. The predicted octanol–water partition coefficient (Wildman–Crippen LogP) is 5.03. The van der Waals surface area contributed by atoms with E-state index in [4.69, 9.17) is 0 Å². The van der Waals surface area contributed by atoms with Crippen LogP contribution in [0.5, 0.6) is 0 Å². The Labute approximate surface area is 138 Å². The number of aliphatic hydroxyl groups excluding tert-OH is 1. The first-order valence-corrected chi connectivity index (χ1v) is 7.56. The summed E-state index contributed by atoms with van der Waals surface area (Å²) in [6.07, 6.45) is 4.46. The number of azo groups is 1. The smallest absolute Gasteiger partial charge is 0.144 e. The fraction of sp³-hybridized carbons (Fsp3) is 0.250. The molecule has 0 amide bonds. The van der Waals surface area contributed by atoms with E-state index in [1.54, 1.807) is 0 Å². The quantitative estimate of drug-likeness (QED) is 0.724. The Morgan fingerprint density at radius 2 is 2.00 bits per heavy atom. The van der Waals surface area contributed by atoms with E-state index in [1.165, 1.54) is 18.4 Å². The third kappa shape index (κ3) is 4.05. The monoisotopic (exact) mass is 363 g/mol. The summed E-state index contributed by atoms with van der Waals surface area (Å²) in [6, 6.07) is 7.44. The molecule has 2 N–H and O–H groups in total. The van der Waals surface area contributed by atoms with Crippen LogP contribution in [0.4, 0.5) is 0 Å². The van der Waals surface area contributed by atoms with Crippen LogP contribution < -0.4 is 0 Å². The summed E-state index contributed by atoms with van der Waals surface area (Å²) in [5.74, 6) is -0.0761. The van der Waals surface area contributed by atoms with Gasteiger partial charge in [-0.1, -0.05) is 28.1 Å². The molecule has 0 spiro atoms. The zero-order valence-electron chi connectivity index (χ0n) is 12.7. The molecule has 1 aliphatic rings. The van der Waals surface area contributed by atoms with Gasteiger partial charge in [-0.05, 0) is 45.1 Å². The molecule has 1 aromatic rings. The molecule has 0 radical (unpaired) electrons. The van der Waals surface area contributed by atoms with Gasteiger partial charge in [0.05, 0.1) is 5.54 Å². The number of nitrogens with zero attached hydrogens (tertiary/aromatic N) is 3. The van der Waals surface area contributed by atoms with E-state index < -0.39 is 0 Å². The Bertz CT molecular complexity index is 685. The second kappa shape index (κ2) is 6.46. The van der Waals surface area contributed by atoms with Crippen LogP contribution >= 0.6 is 15.9 Å². The molecule has 22 heavy (non-hydrogen) atoms. The maximum absolute atomic E-state index is 10.1. The number of aliphatic hydroxyl groups is 1. The van der Waals surface area contributed by atoms with Crippen LogP contribution in [0.15, 0.2) is 68.8 Å². The summed E-state index contributed by atoms with van der Waals surface area (Å²) >= 11 is 3.41. The van der Waals surface area contributed by atoms with Crippen molar-refractivity contribution in [2.24, 2.45) is 10.2 Å². The van der Waals surface area contributed by atoms with Gasteiger partial charge in [0, 0.05) is 16.2 Å². The van der Waals surface area contributed by atoms with Crippen LogP contribution in [0.1, 0.15) is 26.3 Å². The van der Waals surface area contributed by atoms with Gasteiger partial charge in [0.1, 0.15) is 17.2 Å². The van der Waals surface area contributed by atoms with Gasteiger partial charge in [0.15, 0.2) is 0 Å². The maximum atomic E-state index is 10.1. The van der Waals surface area contributed by atoms with Crippen molar-refractivity contribution in [2.75, 3.05) is 0 Å². The summed E-state index contributed by atoms with van der Waals surface area (Å²) in [7, 11) is 0. The number of benzene rings is 1. The molecular weight excluding hydrogens is 346 g/mol. The molecule has 2 rings (SSSR count). The average Bonchev–Trinajstić information content (AvgIpc) is 2.41.